The Morgan fingerprint density at radius 2 is 2.12 bits per heavy atom. The molecular formula is C17H19N5OS. The van der Waals surface area contributed by atoms with Gasteiger partial charge in [0.2, 0.25) is 0 Å². The first-order valence-electron chi connectivity index (χ1n) is 7.72. The quantitative estimate of drug-likeness (QED) is 0.714. The van der Waals surface area contributed by atoms with Crippen LogP contribution in [0.5, 0.6) is 0 Å². The molecule has 0 aliphatic heterocycles. The Morgan fingerprint density at radius 3 is 2.83 bits per heavy atom. The van der Waals surface area contributed by atoms with Gasteiger partial charge in [-0.05, 0) is 47.9 Å². The predicted molar refractivity (Wildman–Crippen MR) is 93.8 cm³/mol. The van der Waals surface area contributed by atoms with Crippen LogP contribution in [0.3, 0.4) is 0 Å². The maximum absolute atomic E-state index is 12.7. The van der Waals surface area contributed by atoms with E-state index in [0.717, 1.165) is 10.4 Å². The molecule has 0 aliphatic carbocycles. The van der Waals surface area contributed by atoms with E-state index in [-0.39, 0.29) is 11.9 Å². The number of benzene rings is 1. The number of nitrogens with zero attached hydrogens (tertiary/aromatic N) is 5. The Bertz CT molecular complexity index is 825. The summed E-state index contributed by atoms with van der Waals surface area (Å²) < 4.78 is 1.75. The second-order valence-corrected chi connectivity index (χ2v) is 6.89. The van der Waals surface area contributed by atoms with E-state index in [2.05, 4.69) is 15.5 Å². The van der Waals surface area contributed by atoms with Gasteiger partial charge in [-0.15, -0.1) is 16.4 Å². The Hall–Kier alpha value is -2.54. The molecule has 0 bridgehead atoms. The van der Waals surface area contributed by atoms with Gasteiger partial charge in [0, 0.05) is 23.1 Å². The number of amides is 1. The van der Waals surface area contributed by atoms with Crippen molar-refractivity contribution in [2.24, 2.45) is 0 Å². The summed E-state index contributed by atoms with van der Waals surface area (Å²) in [7, 11) is 1.81. The van der Waals surface area contributed by atoms with E-state index in [1.807, 2.05) is 62.7 Å². The molecule has 0 saturated heterocycles. The maximum Gasteiger partial charge on any atom is 0.253 e. The predicted octanol–water partition coefficient (Wildman–Crippen LogP) is 3.25. The average Bonchev–Trinajstić information content (AvgIpc) is 3.25. The van der Waals surface area contributed by atoms with Crippen LogP contribution in [0.4, 0.5) is 0 Å². The molecule has 0 radical (unpaired) electrons. The number of hydrogen-bond donors (Lipinski definition) is 0. The summed E-state index contributed by atoms with van der Waals surface area (Å²) in [6.45, 7) is 4.64. The Labute approximate surface area is 144 Å². The third-order valence-electron chi connectivity index (χ3n) is 3.67. The molecule has 2 heterocycles. The van der Waals surface area contributed by atoms with Crippen molar-refractivity contribution < 1.29 is 4.79 Å². The first-order valence-corrected chi connectivity index (χ1v) is 8.60. The van der Waals surface area contributed by atoms with Gasteiger partial charge in [-0.1, -0.05) is 18.2 Å². The lowest BCUT2D eigenvalue weighted by atomic mass is 10.1. The van der Waals surface area contributed by atoms with Crippen molar-refractivity contribution in [3.8, 4) is 11.4 Å². The second kappa shape index (κ2) is 6.92. The standard InChI is InChI=1S/C17H19N5OS/c1-12(2)22-16(18-19-20-22)13-6-4-7-14(10-13)17(23)21(3)11-15-8-5-9-24-15/h4-10,12H,11H2,1-3H3. The molecule has 0 N–H and O–H groups in total. The molecule has 0 saturated carbocycles. The normalized spacial score (nSPS) is 11.0. The molecule has 124 valence electrons. The van der Waals surface area contributed by atoms with Crippen molar-refractivity contribution >= 4 is 17.2 Å². The number of rotatable bonds is 5. The smallest absolute Gasteiger partial charge is 0.253 e. The Morgan fingerprint density at radius 1 is 1.29 bits per heavy atom. The zero-order valence-electron chi connectivity index (χ0n) is 13.9. The third-order valence-corrected chi connectivity index (χ3v) is 4.53. The lowest BCUT2D eigenvalue weighted by molar-refractivity contribution is 0.0786. The van der Waals surface area contributed by atoms with Crippen LogP contribution in [0.2, 0.25) is 0 Å². The first-order chi connectivity index (χ1) is 11.6. The summed E-state index contributed by atoms with van der Waals surface area (Å²) >= 11 is 1.65. The minimum absolute atomic E-state index is 0.0196. The molecule has 7 heteroatoms. The van der Waals surface area contributed by atoms with Gasteiger partial charge < -0.3 is 4.90 Å². The van der Waals surface area contributed by atoms with Gasteiger partial charge >= 0.3 is 0 Å². The zero-order chi connectivity index (χ0) is 17.1. The summed E-state index contributed by atoms with van der Waals surface area (Å²) in [6, 6.07) is 11.6. The van der Waals surface area contributed by atoms with E-state index in [1.54, 1.807) is 20.9 Å². The molecule has 3 rings (SSSR count). The highest BCUT2D eigenvalue weighted by atomic mass is 32.1. The maximum atomic E-state index is 12.7. The van der Waals surface area contributed by atoms with E-state index in [9.17, 15) is 4.79 Å². The van der Waals surface area contributed by atoms with E-state index >= 15 is 0 Å². The van der Waals surface area contributed by atoms with Crippen molar-refractivity contribution in [2.75, 3.05) is 7.05 Å². The van der Waals surface area contributed by atoms with Crippen molar-refractivity contribution in [2.45, 2.75) is 26.4 Å². The van der Waals surface area contributed by atoms with Crippen molar-refractivity contribution in [1.82, 2.24) is 25.1 Å². The van der Waals surface area contributed by atoms with E-state index < -0.39 is 0 Å². The molecule has 0 atom stereocenters. The highest BCUT2D eigenvalue weighted by Gasteiger charge is 2.16. The molecule has 0 fully saturated rings. The van der Waals surface area contributed by atoms with Crippen LogP contribution < -0.4 is 0 Å². The summed E-state index contributed by atoms with van der Waals surface area (Å²) in [6.07, 6.45) is 0. The monoisotopic (exact) mass is 341 g/mol. The molecule has 0 spiro atoms. The van der Waals surface area contributed by atoms with Crippen LogP contribution in [0.25, 0.3) is 11.4 Å². The molecule has 2 aromatic heterocycles. The van der Waals surface area contributed by atoms with Gasteiger partial charge in [-0.3, -0.25) is 4.79 Å². The van der Waals surface area contributed by atoms with E-state index in [0.29, 0.717) is 17.9 Å². The van der Waals surface area contributed by atoms with Gasteiger partial charge in [0.15, 0.2) is 5.82 Å². The molecular weight excluding hydrogens is 322 g/mol. The van der Waals surface area contributed by atoms with Crippen molar-refractivity contribution in [3.63, 3.8) is 0 Å². The number of carbonyl (C=O) groups is 1. The molecule has 6 nitrogen and oxygen atoms in total. The van der Waals surface area contributed by atoms with Gasteiger partial charge in [-0.2, -0.15) is 0 Å². The fourth-order valence-corrected chi connectivity index (χ4v) is 3.21. The Balaban J connectivity index is 1.84. The molecule has 24 heavy (non-hydrogen) atoms. The van der Waals surface area contributed by atoms with Gasteiger partial charge in [0.25, 0.3) is 5.91 Å². The molecule has 1 aromatic carbocycles. The number of hydrogen-bond acceptors (Lipinski definition) is 5. The van der Waals surface area contributed by atoms with Crippen LogP contribution in [0, 0.1) is 0 Å². The van der Waals surface area contributed by atoms with Gasteiger partial charge in [0.05, 0.1) is 12.6 Å². The summed E-state index contributed by atoms with van der Waals surface area (Å²) in [5.74, 6) is 0.648. The van der Waals surface area contributed by atoms with Crippen LogP contribution in [0.15, 0.2) is 41.8 Å². The minimum Gasteiger partial charge on any atom is -0.337 e. The second-order valence-electron chi connectivity index (χ2n) is 5.86. The third kappa shape index (κ3) is 3.35. The van der Waals surface area contributed by atoms with Crippen LogP contribution in [-0.2, 0) is 6.54 Å². The molecule has 0 aliphatic rings. The largest absolute Gasteiger partial charge is 0.337 e. The zero-order valence-corrected chi connectivity index (χ0v) is 14.7. The summed E-state index contributed by atoms with van der Waals surface area (Å²) in [5.41, 5.74) is 1.47. The van der Waals surface area contributed by atoms with E-state index in [1.165, 1.54) is 0 Å². The fourth-order valence-electron chi connectivity index (χ4n) is 2.45. The van der Waals surface area contributed by atoms with E-state index in [4.69, 9.17) is 0 Å². The molecule has 0 unspecified atom stereocenters. The number of thiophene rings is 1. The highest BCUT2D eigenvalue weighted by molar-refractivity contribution is 7.09. The average molecular weight is 341 g/mol. The molecule has 1 amide bonds. The fraction of sp³-hybridized carbons (Fsp3) is 0.294. The first kappa shape index (κ1) is 16.3. The van der Waals surface area contributed by atoms with Crippen LogP contribution in [-0.4, -0.2) is 38.1 Å². The Kier molecular flexibility index (Phi) is 4.71. The lowest BCUT2D eigenvalue weighted by Gasteiger charge is -2.17. The highest BCUT2D eigenvalue weighted by Crippen LogP contribution is 2.21. The van der Waals surface area contributed by atoms with Crippen molar-refractivity contribution in [3.05, 3.63) is 52.2 Å². The summed E-state index contributed by atoms with van der Waals surface area (Å²) in [4.78, 5) is 15.6. The number of tetrazole rings is 1. The minimum atomic E-state index is -0.0196. The number of aromatic nitrogens is 4. The molecule has 3 aromatic rings. The topological polar surface area (TPSA) is 63.9 Å². The SMILES string of the molecule is CC(C)n1nnnc1-c1cccc(C(=O)N(C)Cc2cccs2)c1. The van der Waals surface area contributed by atoms with Crippen LogP contribution in [0.1, 0.15) is 35.1 Å². The van der Waals surface area contributed by atoms with Gasteiger partial charge in [-0.25, -0.2) is 4.68 Å². The summed E-state index contributed by atoms with van der Waals surface area (Å²) in [5, 5.41) is 13.9. The lowest BCUT2D eigenvalue weighted by Crippen LogP contribution is -2.25. The van der Waals surface area contributed by atoms with Gasteiger partial charge in [0.1, 0.15) is 0 Å². The van der Waals surface area contributed by atoms with Crippen molar-refractivity contribution in [1.29, 1.82) is 0 Å². The number of carbonyl (C=O) groups excluding carboxylic acids is 1. The van der Waals surface area contributed by atoms with Crippen LogP contribution >= 0.6 is 11.3 Å².